The van der Waals surface area contributed by atoms with Gasteiger partial charge in [0.05, 0.1) is 22.7 Å². The fraction of sp³-hybridized carbons (Fsp3) is 0.208. The van der Waals surface area contributed by atoms with Gasteiger partial charge in [-0.15, -0.1) is 11.8 Å². The summed E-state index contributed by atoms with van der Waals surface area (Å²) in [5.74, 6) is -0.514. The van der Waals surface area contributed by atoms with Crippen molar-refractivity contribution in [3.63, 3.8) is 0 Å². The summed E-state index contributed by atoms with van der Waals surface area (Å²) in [5, 5.41) is 4.71. The van der Waals surface area contributed by atoms with Gasteiger partial charge in [0.15, 0.2) is 0 Å². The van der Waals surface area contributed by atoms with E-state index in [9.17, 15) is 14.4 Å². The Morgan fingerprint density at radius 3 is 2.53 bits per heavy atom. The van der Waals surface area contributed by atoms with E-state index in [1.807, 2.05) is 55.5 Å². The van der Waals surface area contributed by atoms with Gasteiger partial charge in [0.1, 0.15) is 0 Å². The maximum Gasteiger partial charge on any atom is 0.247 e. The highest BCUT2D eigenvalue weighted by Gasteiger charge is 2.40. The molecule has 0 unspecified atom stereocenters. The average Bonchev–Trinajstić information content (AvgIpc) is 3.05. The molecule has 30 heavy (non-hydrogen) atoms. The highest BCUT2D eigenvalue weighted by Crippen LogP contribution is 2.30. The largest absolute Gasteiger partial charge is 0.349 e. The molecule has 1 aliphatic rings. The summed E-state index contributed by atoms with van der Waals surface area (Å²) in [4.78, 5) is 38.7. The summed E-state index contributed by atoms with van der Waals surface area (Å²) in [7, 11) is 0. The Kier molecular flexibility index (Phi) is 5.86. The van der Waals surface area contributed by atoms with E-state index < -0.39 is 5.25 Å². The van der Waals surface area contributed by atoms with Crippen LogP contribution in [0.5, 0.6) is 0 Å². The Morgan fingerprint density at radius 1 is 1.03 bits per heavy atom. The fourth-order valence-corrected chi connectivity index (χ4v) is 4.69. The second kappa shape index (κ2) is 8.71. The Balaban J connectivity index is 1.37. The van der Waals surface area contributed by atoms with Crippen LogP contribution in [0.3, 0.4) is 0 Å². The quantitative estimate of drug-likeness (QED) is 0.613. The molecule has 0 aliphatic carbocycles. The molecule has 152 valence electrons. The predicted octanol–water partition coefficient (Wildman–Crippen LogP) is 4.08. The molecular weight excluding hydrogens is 396 g/mol. The van der Waals surface area contributed by atoms with Crippen molar-refractivity contribution >= 4 is 45.9 Å². The molecule has 0 spiro atoms. The number of nitrogens with zero attached hydrogens (tertiary/aromatic N) is 1. The Hall–Kier alpha value is -3.12. The SMILES string of the molecule is C[C@H](NC(=O)CS[C@@H]1CC(=O)N(c2ccccc2)C1=O)c1cccc2ccccc12. The minimum atomic E-state index is -0.531. The first-order valence-electron chi connectivity index (χ1n) is 9.85. The van der Waals surface area contributed by atoms with Gasteiger partial charge in [-0.3, -0.25) is 14.4 Å². The summed E-state index contributed by atoms with van der Waals surface area (Å²) < 4.78 is 0. The molecule has 3 aromatic rings. The van der Waals surface area contributed by atoms with Crippen molar-refractivity contribution < 1.29 is 14.4 Å². The summed E-state index contributed by atoms with van der Waals surface area (Å²) >= 11 is 1.22. The number of nitrogens with one attached hydrogen (secondary N) is 1. The molecule has 6 heteroatoms. The molecule has 3 aromatic carbocycles. The predicted molar refractivity (Wildman–Crippen MR) is 120 cm³/mol. The first-order valence-corrected chi connectivity index (χ1v) is 10.9. The molecule has 1 heterocycles. The molecule has 0 saturated carbocycles. The van der Waals surface area contributed by atoms with Crippen LogP contribution in [0.25, 0.3) is 10.8 Å². The van der Waals surface area contributed by atoms with Gasteiger partial charge in [0.25, 0.3) is 0 Å². The van der Waals surface area contributed by atoms with Crippen LogP contribution in [0, 0.1) is 0 Å². The number of benzene rings is 3. The van der Waals surface area contributed by atoms with Crippen LogP contribution in [-0.2, 0) is 14.4 Å². The number of anilines is 1. The summed E-state index contributed by atoms with van der Waals surface area (Å²) in [6, 6.07) is 22.8. The maximum atomic E-state index is 12.7. The summed E-state index contributed by atoms with van der Waals surface area (Å²) in [5.41, 5.74) is 1.62. The average molecular weight is 419 g/mol. The molecule has 1 aliphatic heterocycles. The lowest BCUT2D eigenvalue weighted by Gasteiger charge is -2.17. The molecule has 1 N–H and O–H groups in total. The maximum absolute atomic E-state index is 12.7. The molecule has 3 amide bonds. The van der Waals surface area contributed by atoms with Crippen LogP contribution in [0.1, 0.15) is 24.9 Å². The molecule has 0 aromatic heterocycles. The van der Waals surface area contributed by atoms with Gasteiger partial charge in [0, 0.05) is 6.42 Å². The summed E-state index contributed by atoms with van der Waals surface area (Å²) in [6.45, 7) is 1.95. The zero-order chi connectivity index (χ0) is 21.1. The van der Waals surface area contributed by atoms with E-state index in [0.29, 0.717) is 5.69 Å². The normalized spacial score (nSPS) is 17.4. The van der Waals surface area contributed by atoms with E-state index in [1.165, 1.54) is 16.7 Å². The van der Waals surface area contributed by atoms with Crippen molar-refractivity contribution in [3.8, 4) is 0 Å². The Bertz CT molecular complexity index is 1090. The third kappa shape index (κ3) is 4.09. The monoisotopic (exact) mass is 418 g/mol. The Morgan fingerprint density at radius 2 is 1.73 bits per heavy atom. The third-order valence-electron chi connectivity index (χ3n) is 5.20. The second-order valence-corrected chi connectivity index (χ2v) is 8.46. The van der Waals surface area contributed by atoms with E-state index in [2.05, 4.69) is 5.32 Å². The van der Waals surface area contributed by atoms with Gasteiger partial charge in [-0.05, 0) is 35.4 Å². The molecule has 0 bridgehead atoms. The zero-order valence-corrected chi connectivity index (χ0v) is 17.4. The lowest BCUT2D eigenvalue weighted by molar-refractivity contribution is -0.121. The number of carbonyl (C=O) groups excluding carboxylic acids is 3. The number of amides is 3. The third-order valence-corrected chi connectivity index (χ3v) is 6.40. The van der Waals surface area contributed by atoms with E-state index in [1.54, 1.807) is 24.3 Å². The molecule has 0 radical (unpaired) electrons. The van der Waals surface area contributed by atoms with Crippen LogP contribution in [-0.4, -0.2) is 28.7 Å². The zero-order valence-electron chi connectivity index (χ0n) is 16.6. The minimum absolute atomic E-state index is 0.116. The number of carbonyl (C=O) groups is 3. The molecule has 5 nitrogen and oxygen atoms in total. The van der Waals surface area contributed by atoms with E-state index >= 15 is 0 Å². The van der Waals surface area contributed by atoms with Crippen molar-refractivity contribution in [3.05, 3.63) is 78.4 Å². The number of fused-ring (bicyclic) bond motifs is 1. The standard InChI is InChI=1S/C24H22N2O3S/c1-16(19-13-7-9-17-8-5-6-12-20(17)19)25-22(27)15-30-21-14-23(28)26(24(21)29)18-10-3-2-4-11-18/h2-13,16,21H,14-15H2,1H3,(H,25,27)/t16-,21+/m0/s1. The molecular formula is C24H22N2O3S. The van der Waals surface area contributed by atoms with E-state index in [4.69, 9.17) is 0 Å². The van der Waals surface area contributed by atoms with Crippen molar-refractivity contribution in [1.29, 1.82) is 0 Å². The first kappa shape index (κ1) is 20.2. The number of rotatable bonds is 6. The van der Waals surface area contributed by atoms with Crippen molar-refractivity contribution in [2.75, 3.05) is 10.7 Å². The number of hydrogen-bond acceptors (Lipinski definition) is 4. The van der Waals surface area contributed by atoms with Gasteiger partial charge >= 0.3 is 0 Å². The van der Waals surface area contributed by atoms with Gasteiger partial charge in [-0.1, -0.05) is 60.7 Å². The fourth-order valence-electron chi connectivity index (χ4n) is 3.75. The lowest BCUT2D eigenvalue weighted by atomic mass is 10.00. The van der Waals surface area contributed by atoms with Crippen LogP contribution in [0.4, 0.5) is 5.69 Å². The van der Waals surface area contributed by atoms with Crippen molar-refractivity contribution in [2.45, 2.75) is 24.6 Å². The van der Waals surface area contributed by atoms with Gasteiger partial charge in [-0.25, -0.2) is 4.90 Å². The van der Waals surface area contributed by atoms with Gasteiger partial charge in [-0.2, -0.15) is 0 Å². The van der Waals surface area contributed by atoms with E-state index in [-0.39, 0.29) is 35.9 Å². The van der Waals surface area contributed by atoms with Gasteiger partial charge < -0.3 is 5.32 Å². The first-order chi connectivity index (χ1) is 14.5. The smallest absolute Gasteiger partial charge is 0.247 e. The lowest BCUT2D eigenvalue weighted by Crippen LogP contribution is -2.32. The van der Waals surface area contributed by atoms with Crippen molar-refractivity contribution in [2.24, 2.45) is 0 Å². The number of para-hydroxylation sites is 1. The molecule has 4 rings (SSSR count). The van der Waals surface area contributed by atoms with E-state index in [0.717, 1.165) is 16.3 Å². The topological polar surface area (TPSA) is 66.5 Å². The Labute approximate surface area is 179 Å². The molecule has 1 saturated heterocycles. The van der Waals surface area contributed by atoms with Gasteiger partial charge in [0.2, 0.25) is 17.7 Å². The highest BCUT2D eigenvalue weighted by molar-refractivity contribution is 8.01. The molecule has 1 fully saturated rings. The van der Waals surface area contributed by atoms with Crippen LogP contribution < -0.4 is 10.2 Å². The van der Waals surface area contributed by atoms with Crippen LogP contribution in [0.15, 0.2) is 72.8 Å². The molecule has 2 atom stereocenters. The summed E-state index contributed by atoms with van der Waals surface area (Å²) in [6.07, 6.45) is 0.116. The van der Waals surface area contributed by atoms with Crippen LogP contribution >= 0.6 is 11.8 Å². The number of hydrogen-bond donors (Lipinski definition) is 1. The van der Waals surface area contributed by atoms with Crippen LogP contribution in [0.2, 0.25) is 0 Å². The number of imide groups is 1. The second-order valence-electron chi connectivity index (χ2n) is 7.26. The highest BCUT2D eigenvalue weighted by atomic mass is 32.2. The minimum Gasteiger partial charge on any atom is -0.349 e. The van der Waals surface area contributed by atoms with Crippen molar-refractivity contribution in [1.82, 2.24) is 5.32 Å². The number of thioether (sulfide) groups is 1.